The van der Waals surface area contributed by atoms with Crippen LogP contribution in [0.3, 0.4) is 0 Å². The van der Waals surface area contributed by atoms with E-state index >= 15 is 0 Å². The maximum Gasteiger partial charge on any atom is 0.257 e. The predicted molar refractivity (Wildman–Crippen MR) is 100 cm³/mol. The number of aromatic nitrogens is 4. The third-order valence-electron chi connectivity index (χ3n) is 4.25. The summed E-state index contributed by atoms with van der Waals surface area (Å²) < 4.78 is 57.2. The van der Waals surface area contributed by atoms with Crippen molar-refractivity contribution in [2.75, 3.05) is 11.4 Å². The van der Waals surface area contributed by atoms with Crippen LogP contribution in [0, 0.1) is 18.6 Å². The van der Waals surface area contributed by atoms with E-state index in [0.717, 1.165) is 4.90 Å². The Kier molecular flexibility index (Phi) is 4.66. The van der Waals surface area contributed by atoms with Crippen molar-refractivity contribution in [2.24, 2.45) is 0 Å². The molecule has 0 amide bonds. The average Bonchev–Trinajstić information content (AvgIpc) is 3.02. The number of rotatable bonds is 4. The molecule has 4 rings (SSSR count). The molecule has 2 aromatic heterocycles. The van der Waals surface area contributed by atoms with Crippen LogP contribution in [0.1, 0.15) is 5.82 Å². The zero-order valence-corrected chi connectivity index (χ0v) is 16.0. The summed E-state index contributed by atoms with van der Waals surface area (Å²) in [5, 5.41) is 8.11. The first-order valence-electron chi connectivity index (χ1n) is 8.17. The summed E-state index contributed by atoms with van der Waals surface area (Å²) in [6.07, 6.45) is -2.79. The van der Waals surface area contributed by atoms with Crippen LogP contribution in [0.4, 0.5) is 29.1 Å². The quantitative estimate of drug-likeness (QED) is 0.406. The molecular weight excluding hydrogens is 442 g/mol. The van der Waals surface area contributed by atoms with E-state index in [-0.39, 0.29) is 27.1 Å². The number of hydrogen-bond acceptors (Lipinski definition) is 4. The summed E-state index contributed by atoms with van der Waals surface area (Å²) in [7, 11) is 0. The lowest BCUT2D eigenvalue weighted by atomic mass is 10.2. The molecule has 0 atom stereocenters. The smallest absolute Gasteiger partial charge is 0.257 e. The van der Waals surface area contributed by atoms with Crippen molar-refractivity contribution in [3.8, 4) is 0 Å². The second kappa shape index (κ2) is 7.01. The van der Waals surface area contributed by atoms with E-state index in [4.69, 9.17) is 0 Å². The van der Waals surface area contributed by atoms with Gasteiger partial charge in [-0.15, -0.1) is 10.2 Å². The van der Waals surface area contributed by atoms with E-state index in [0.29, 0.717) is 11.3 Å². The zero-order chi connectivity index (χ0) is 20.0. The van der Waals surface area contributed by atoms with Crippen LogP contribution in [0.25, 0.3) is 16.7 Å². The Bertz CT molecular complexity index is 1190. The Hall–Kier alpha value is -2.75. The number of anilines is 2. The molecule has 0 bridgehead atoms. The van der Waals surface area contributed by atoms with Gasteiger partial charge in [-0.05, 0) is 53.2 Å². The Morgan fingerprint density at radius 3 is 2.68 bits per heavy atom. The molecule has 0 aliphatic carbocycles. The van der Waals surface area contributed by atoms with Crippen molar-refractivity contribution in [2.45, 2.75) is 13.3 Å². The normalized spacial score (nSPS) is 11.7. The van der Waals surface area contributed by atoms with Crippen molar-refractivity contribution >= 4 is 44.1 Å². The molecule has 0 N–H and O–H groups in total. The number of fused-ring (bicyclic) bond motifs is 3. The number of nitrogens with zero attached hydrogens (tertiary/aromatic N) is 5. The molecule has 2 aromatic carbocycles. The molecule has 144 valence electrons. The van der Waals surface area contributed by atoms with E-state index in [1.807, 2.05) is 0 Å². The van der Waals surface area contributed by atoms with Gasteiger partial charge >= 0.3 is 0 Å². The van der Waals surface area contributed by atoms with Gasteiger partial charge in [0.05, 0.1) is 22.2 Å². The maximum atomic E-state index is 14.7. The SMILES string of the molecule is Cc1nnc2nc(N(CC(F)F)c3cccc(Br)c3F)c3cc(F)ccc3n12. The minimum atomic E-state index is -2.79. The molecule has 0 unspecified atom stereocenters. The number of hydrogen-bond donors (Lipinski definition) is 0. The lowest BCUT2D eigenvalue weighted by Gasteiger charge is -2.25. The van der Waals surface area contributed by atoms with Gasteiger partial charge < -0.3 is 4.90 Å². The fraction of sp³-hybridized carbons (Fsp3) is 0.167. The van der Waals surface area contributed by atoms with Gasteiger partial charge in [0.25, 0.3) is 12.2 Å². The fourth-order valence-corrected chi connectivity index (χ4v) is 3.44. The van der Waals surface area contributed by atoms with E-state index < -0.39 is 24.6 Å². The van der Waals surface area contributed by atoms with Crippen LogP contribution in [0.2, 0.25) is 0 Å². The van der Waals surface area contributed by atoms with E-state index in [2.05, 4.69) is 31.1 Å². The molecule has 0 aliphatic rings. The van der Waals surface area contributed by atoms with E-state index in [1.54, 1.807) is 11.3 Å². The molecule has 0 spiro atoms. The summed E-state index contributed by atoms with van der Waals surface area (Å²) >= 11 is 3.06. The molecule has 2 heterocycles. The summed E-state index contributed by atoms with van der Waals surface area (Å²) in [6.45, 7) is 0.852. The third-order valence-corrected chi connectivity index (χ3v) is 4.86. The van der Waals surface area contributed by atoms with Gasteiger partial charge in [-0.25, -0.2) is 17.6 Å². The van der Waals surface area contributed by atoms with Gasteiger partial charge in [0, 0.05) is 5.39 Å². The second-order valence-electron chi connectivity index (χ2n) is 6.05. The minimum absolute atomic E-state index is 0.0355. The van der Waals surface area contributed by atoms with Crippen LogP contribution >= 0.6 is 15.9 Å². The van der Waals surface area contributed by atoms with Crippen molar-refractivity contribution < 1.29 is 17.6 Å². The van der Waals surface area contributed by atoms with Crippen LogP contribution in [0.5, 0.6) is 0 Å². The first-order chi connectivity index (χ1) is 13.4. The highest BCUT2D eigenvalue weighted by molar-refractivity contribution is 9.10. The lowest BCUT2D eigenvalue weighted by molar-refractivity contribution is 0.157. The average molecular weight is 454 g/mol. The fourth-order valence-electron chi connectivity index (χ4n) is 3.09. The van der Waals surface area contributed by atoms with Crippen molar-refractivity contribution in [3.05, 3.63) is 58.3 Å². The van der Waals surface area contributed by atoms with Gasteiger partial charge in [0.2, 0.25) is 0 Å². The maximum absolute atomic E-state index is 14.7. The van der Waals surface area contributed by atoms with E-state index in [1.165, 1.54) is 36.4 Å². The Morgan fingerprint density at radius 1 is 1.14 bits per heavy atom. The van der Waals surface area contributed by atoms with Crippen LogP contribution in [-0.2, 0) is 0 Å². The van der Waals surface area contributed by atoms with Gasteiger partial charge in [-0.1, -0.05) is 6.07 Å². The van der Waals surface area contributed by atoms with Gasteiger partial charge in [-0.3, -0.25) is 4.40 Å². The monoisotopic (exact) mass is 453 g/mol. The second-order valence-corrected chi connectivity index (χ2v) is 6.91. The first kappa shape index (κ1) is 18.6. The Balaban J connectivity index is 2.07. The zero-order valence-electron chi connectivity index (χ0n) is 14.4. The molecule has 0 saturated heterocycles. The van der Waals surface area contributed by atoms with Crippen LogP contribution < -0.4 is 4.90 Å². The lowest BCUT2D eigenvalue weighted by Crippen LogP contribution is -2.26. The largest absolute Gasteiger partial charge is 0.317 e. The van der Waals surface area contributed by atoms with Crippen LogP contribution in [-0.4, -0.2) is 32.6 Å². The summed E-state index contributed by atoms with van der Waals surface area (Å²) in [5.41, 5.74) is 0.354. The first-order valence-corrected chi connectivity index (χ1v) is 8.97. The topological polar surface area (TPSA) is 46.3 Å². The number of alkyl halides is 2. The molecule has 4 aromatic rings. The number of halogens is 5. The minimum Gasteiger partial charge on any atom is -0.317 e. The van der Waals surface area contributed by atoms with E-state index in [9.17, 15) is 17.6 Å². The molecule has 10 heteroatoms. The third kappa shape index (κ3) is 3.07. The summed E-state index contributed by atoms with van der Waals surface area (Å²) in [4.78, 5) is 5.32. The highest BCUT2D eigenvalue weighted by atomic mass is 79.9. The highest BCUT2D eigenvalue weighted by Gasteiger charge is 2.24. The Labute approximate surface area is 164 Å². The Morgan fingerprint density at radius 2 is 1.93 bits per heavy atom. The molecule has 0 aliphatic heterocycles. The van der Waals surface area contributed by atoms with Gasteiger partial charge in [0.1, 0.15) is 17.5 Å². The number of aryl methyl sites for hydroxylation is 1. The molecule has 0 fully saturated rings. The summed E-state index contributed by atoms with van der Waals surface area (Å²) in [6, 6.07) is 8.22. The van der Waals surface area contributed by atoms with Crippen molar-refractivity contribution in [1.82, 2.24) is 19.6 Å². The molecular formula is C18H12BrF4N5. The predicted octanol–water partition coefficient (Wildman–Crippen LogP) is 5.03. The van der Waals surface area contributed by atoms with Crippen LogP contribution in [0.15, 0.2) is 40.9 Å². The van der Waals surface area contributed by atoms with Gasteiger partial charge in [0.15, 0.2) is 5.82 Å². The highest BCUT2D eigenvalue weighted by Crippen LogP contribution is 2.35. The van der Waals surface area contributed by atoms with Gasteiger partial charge in [-0.2, -0.15) is 4.98 Å². The molecule has 28 heavy (non-hydrogen) atoms. The van der Waals surface area contributed by atoms with Crippen molar-refractivity contribution in [1.29, 1.82) is 0 Å². The molecule has 5 nitrogen and oxygen atoms in total. The standard InChI is InChI=1S/C18H12BrF4N5/c1-9-25-26-18-24-17(11-7-10(20)5-6-13(11)28(9)18)27(8-15(21)22)14-4-2-3-12(19)16(14)23/h2-7,15H,8H2,1H3. The number of benzene rings is 2. The summed E-state index contributed by atoms with van der Waals surface area (Å²) in [5.74, 6) is -0.702. The van der Waals surface area contributed by atoms with Crippen molar-refractivity contribution in [3.63, 3.8) is 0 Å². The molecule has 0 saturated carbocycles. The molecule has 0 radical (unpaired) electrons.